The van der Waals surface area contributed by atoms with Crippen LogP contribution in [-0.4, -0.2) is 45.0 Å². The summed E-state index contributed by atoms with van der Waals surface area (Å²) < 4.78 is 16.8. The van der Waals surface area contributed by atoms with Crippen molar-refractivity contribution in [3.8, 4) is 28.4 Å². The number of carbonyl (C=O) groups is 1. The van der Waals surface area contributed by atoms with Crippen LogP contribution in [0.25, 0.3) is 22.6 Å². The van der Waals surface area contributed by atoms with Crippen molar-refractivity contribution >= 4 is 23.3 Å². The van der Waals surface area contributed by atoms with Gasteiger partial charge in [0, 0.05) is 24.4 Å². The standard InChI is InChI=1S/C24H21N7O4/c1-30(23(32)14-31-27-9-10-28-31)19-6-4-3-5-17(19)22-13-26-24(35-22)29-16-7-8-18(20(11-16)33-2)21-12-25-15-34-21/h3-13,15H,14H2,1-2H3,(H,26,29). The first kappa shape index (κ1) is 21.9. The van der Waals surface area contributed by atoms with Crippen molar-refractivity contribution < 1.29 is 18.4 Å². The Balaban J connectivity index is 1.36. The maximum absolute atomic E-state index is 12.8. The van der Waals surface area contributed by atoms with E-state index in [-0.39, 0.29) is 12.5 Å². The Kier molecular flexibility index (Phi) is 5.95. The van der Waals surface area contributed by atoms with E-state index in [4.69, 9.17) is 13.6 Å². The number of likely N-dealkylation sites (N-methyl/N-ethyl adjacent to an activating group) is 1. The van der Waals surface area contributed by atoms with E-state index < -0.39 is 0 Å². The van der Waals surface area contributed by atoms with Crippen molar-refractivity contribution in [1.29, 1.82) is 0 Å². The van der Waals surface area contributed by atoms with E-state index in [1.807, 2.05) is 42.5 Å². The van der Waals surface area contributed by atoms with E-state index in [2.05, 4.69) is 25.5 Å². The Morgan fingerprint density at radius 3 is 2.69 bits per heavy atom. The minimum atomic E-state index is -0.176. The number of nitrogens with one attached hydrogen (secondary N) is 1. The van der Waals surface area contributed by atoms with Gasteiger partial charge in [0.15, 0.2) is 17.9 Å². The van der Waals surface area contributed by atoms with Gasteiger partial charge in [0.1, 0.15) is 12.3 Å². The summed E-state index contributed by atoms with van der Waals surface area (Å²) in [5.41, 5.74) is 2.88. The fourth-order valence-corrected chi connectivity index (χ4v) is 3.56. The van der Waals surface area contributed by atoms with E-state index in [0.717, 1.165) is 11.1 Å². The lowest BCUT2D eigenvalue weighted by atomic mass is 10.1. The molecule has 35 heavy (non-hydrogen) atoms. The van der Waals surface area contributed by atoms with E-state index >= 15 is 0 Å². The number of aromatic nitrogens is 5. The van der Waals surface area contributed by atoms with Crippen LogP contribution in [0, 0.1) is 0 Å². The number of nitrogens with zero attached hydrogens (tertiary/aromatic N) is 6. The summed E-state index contributed by atoms with van der Waals surface area (Å²) in [5.74, 6) is 1.54. The van der Waals surface area contributed by atoms with Gasteiger partial charge in [-0.1, -0.05) is 12.1 Å². The van der Waals surface area contributed by atoms with Crippen LogP contribution in [0.4, 0.5) is 17.4 Å². The van der Waals surface area contributed by atoms with Gasteiger partial charge in [-0.05, 0) is 24.3 Å². The van der Waals surface area contributed by atoms with Gasteiger partial charge in [-0.15, -0.1) is 0 Å². The lowest BCUT2D eigenvalue weighted by Crippen LogP contribution is -2.31. The van der Waals surface area contributed by atoms with Crippen molar-refractivity contribution in [2.24, 2.45) is 0 Å². The zero-order valence-corrected chi connectivity index (χ0v) is 19.0. The maximum Gasteiger partial charge on any atom is 0.299 e. The number of hydrogen-bond donors (Lipinski definition) is 1. The lowest BCUT2D eigenvalue weighted by Gasteiger charge is -2.19. The minimum absolute atomic E-state index is 0.0208. The minimum Gasteiger partial charge on any atom is -0.496 e. The fraction of sp³-hybridized carbons (Fsp3) is 0.125. The Bertz CT molecular complexity index is 1430. The first-order valence-corrected chi connectivity index (χ1v) is 10.6. The van der Waals surface area contributed by atoms with Gasteiger partial charge in [0.05, 0.1) is 43.1 Å². The second-order valence-electron chi connectivity index (χ2n) is 7.46. The zero-order valence-electron chi connectivity index (χ0n) is 19.0. The molecule has 2 aromatic carbocycles. The van der Waals surface area contributed by atoms with Crippen molar-refractivity contribution in [3.05, 3.63) is 73.6 Å². The molecule has 0 atom stereocenters. The number of ether oxygens (including phenoxy) is 1. The molecule has 0 aliphatic carbocycles. The average Bonchev–Trinajstić information content (AvgIpc) is 3.67. The van der Waals surface area contributed by atoms with Crippen molar-refractivity contribution in [1.82, 2.24) is 25.0 Å². The zero-order chi connectivity index (χ0) is 24.2. The maximum atomic E-state index is 12.8. The van der Waals surface area contributed by atoms with Crippen molar-refractivity contribution in [2.75, 3.05) is 24.4 Å². The molecule has 0 radical (unpaired) electrons. The van der Waals surface area contributed by atoms with Gasteiger partial charge < -0.3 is 23.8 Å². The van der Waals surface area contributed by atoms with E-state index in [1.165, 1.54) is 23.6 Å². The quantitative estimate of drug-likeness (QED) is 0.357. The van der Waals surface area contributed by atoms with Gasteiger partial charge >= 0.3 is 0 Å². The molecule has 0 bridgehead atoms. The van der Waals surface area contributed by atoms with E-state index in [1.54, 1.807) is 31.5 Å². The molecule has 0 aliphatic heterocycles. The number of carbonyl (C=O) groups excluding carboxylic acids is 1. The molecular formula is C24H21N7O4. The number of rotatable bonds is 8. The second-order valence-corrected chi connectivity index (χ2v) is 7.46. The number of benzene rings is 2. The van der Waals surface area contributed by atoms with E-state index in [0.29, 0.717) is 34.7 Å². The van der Waals surface area contributed by atoms with Crippen LogP contribution in [0.2, 0.25) is 0 Å². The predicted octanol–water partition coefficient (Wildman–Crippen LogP) is 4.00. The SMILES string of the molecule is COc1cc(Nc2ncc(-c3ccccc3N(C)C(=O)Cn3nccn3)o2)ccc1-c1cnco1. The van der Waals surface area contributed by atoms with Gasteiger partial charge in [-0.25, -0.2) is 9.97 Å². The molecule has 1 amide bonds. The number of anilines is 3. The number of amides is 1. The van der Waals surface area contributed by atoms with Crippen LogP contribution in [0.5, 0.6) is 5.75 Å². The highest BCUT2D eigenvalue weighted by molar-refractivity contribution is 5.96. The summed E-state index contributed by atoms with van der Waals surface area (Å²) in [6, 6.07) is 13.2. The molecule has 176 valence electrons. The highest BCUT2D eigenvalue weighted by Gasteiger charge is 2.19. The highest BCUT2D eigenvalue weighted by atomic mass is 16.5. The predicted molar refractivity (Wildman–Crippen MR) is 127 cm³/mol. The molecule has 0 saturated heterocycles. The number of hydrogen-bond acceptors (Lipinski definition) is 9. The Morgan fingerprint density at radius 2 is 1.91 bits per heavy atom. The summed E-state index contributed by atoms with van der Waals surface area (Å²) >= 11 is 0. The molecule has 1 N–H and O–H groups in total. The molecule has 0 fully saturated rings. The summed E-state index contributed by atoms with van der Waals surface area (Å²) in [6.45, 7) is 0.0208. The summed E-state index contributed by atoms with van der Waals surface area (Å²) in [4.78, 5) is 23.9. The van der Waals surface area contributed by atoms with Crippen LogP contribution >= 0.6 is 0 Å². The van der Waals surface area contributed by atoms with Crippen LogP contribution in [0.3, 0.4) is 0 Å². The van der Waals surface area contributed by atoms with Crippen LogP contribution < -0.4 is 15.0 Å². The number of methoxy groups -OCH3 is 1. The van der Waals surface area contributed by atoms with Crippen LogP contribution in [-0.2, 0) is 11.3 Å². The van der Waals surface area contributed by atoms with Crippen molar-refractivity contribution in [2.45, 2.75) is 6.54 Å². The van der Waals surface area contributed by atoms with Crippen LogP contribution in [0.1, 0.15) is 0 Å². The third-order valence-corrected chi connectivity index (χ3v) is 5.30. The first-order valence-electron chi connectivity index (χ1n) is 10.6. The molecule has 5 rings (SSSR count). The average molecular weight is 471 g/mol. The van der Waals surface area contributed by atoms with Crippen LogP contribution in [0.15, 0.2) is 82.5 Å². The summed E-state index contributed by atoms with van der Waals surface area (Å²) in [6.07, 6.45) is 7.65. The monoisotopic (exact) mass is 471 g/mol. The molecule has 0 unspecified atom stereocenters. The van der Waals surface area contributed by atoms with E-state index in [9.17, 15) is 4.79 Å². The molecule has 11 nitrogen and oxygen atoms in total. The third kappa shape index (κ3) is 4.60. The summed E-state index contributed by atoms with van der Waals surface area (Å²) in [5, 5.41) is 11.1. The molecule has 0 spiro atoms. The molecule has 5 aromatic rings. The topological polar surface area (TPSA) is 124 Å². The molecular weight excluding hydrogens is 450 g/mol. The Hall–Kier alpha value is -4.93. The third-order valence-electron chi connectivity index (χ3n) is 5.30. The lowest BCUT2D eigenvalue weighted by molar-refractivity contribution is -0.119. The highest BCUT2D eigenvalue weighted by Crippen LogP contribution is 2.35. The van der Waals surface area contributed by atoms with Gasteiger partial charge in [-0.2, -0.15) is 15.0 Å². The summed E-state index contributed by atoms with van der Waals surface area (Å²) in [7, 11) is 3.28. The number of para-hydroxylation sites is 1. The van der Waals surface area contributed by atoms with Gasteiger partial charge in [0.25, 0.3) is 6.01 Å². The molecule has 0 aliphatic rings. The Morgan fingerprint density at radius 1 is 1.09 bits per heavy atom. The fourth-order valence-electron chi connectivity index (χ4n) is 3.56. The Labute approximate surface area is 200 Å². The van der Waals surface area contributed by atoms with Gasteiger partial charge in [-0.3, -0.25) is 4.79 Å². The molecule has 11 heteroatoms. The smallest absolute Gasteiger partial charge is 0.299 e. The number of oxazole rings is 2. The van der Waals surface area contributed by atoms with Gasteiger partial charge in [0.2, 0.25) is 5.91 Å². The first-order chi connectivity index (χ1) is 17.1. The second kappa shape index (κ2) is 9.51. The largest absolute Gasteiger partial charge is 0.496 e. The van der Waals surface area contributed by atoms with Crippen molar-refractivity contribution in [3.63, 3.8) is 0 Å². The normalized spacial score (nSPS) is 10.8. The molecule has 3 heterocycles. The molecule has 3 aromatic heterocycles. The molecule has 0 saturated carbocycles.